The number of aliphatic hydroxyl groups excluding tert-OH is 2. The normalized spacial score (nSPS) is 16.2. The average molecular weight is 1910 g/mol. The van der Waals surface area contributed by atoms with Crippen LogP contribution in [0.5, 0.6) is 0 Å². The van der Waals surface area contributed by atoms with Gasteiger partial charge in [0, 0.05) is 19.5 Å². The third-order valence-electron chi connectivity index (χ3n) is 20.4. The van der Waals surface area contributed by atoms with Gasteiger partial charge >= 0.3 is 23.9 Å². The lowest BCUT2D eigenvalue weighted by Crippen LogP contribution is -2.62. The third kappa shape index (κ3) is 44.9. The summed E-state index contributed by atoms with van der Waals surface area (Å²) < 4.78 is 0. The van der Waals surface area contributed by atoms with Crippen molar-refractivity contribution in [2.75, 3.05) is 32.7 Å². The van der Waals surface area contributed by atoms with E-state index in [1.165, 1.54) is 34.6 Å². The van der Waals surface area contributed by atoms with Crippen LogP contribution in [0.1, 0.15) is 193 Å². The molecule has 18 atom stereocenters. The second-order valence-electron chi connectivity index (χ2n) is 34.5. The molecule has 0 aliphatic carbocycles. The van der Waals surface area contributed by atoms with Crippen molar-refractivity contribution < 1.29 is 141 Å². The first kappa shape index (κ1) is 119. The lowest BCUT2D eigenvalue weighted by Gasteiger charge is -2.30. The van der Waals surface area contributed by atoms with Crippen LogP contribution in [-0.2, 0) is 110 Å². The number of aliphatic carboxylic acids is 4. The maximum atomic E-state index is 14.7. The van der Waals surface area contributed by atoms with Gasteiger partial charge in [-0.05, 0) is 128 Å². The van der Waals surface area contributed by atoms with E-state index in [2.05, 4.69) is 90.4 Å². The fourth-order valence-corrected chi connectivity index (χ4v) is 13.4. The minimum absolute atomic E-state index is 0.00465. The summed E-state index contributed by atoms with van der Waals surface area (Å²) in [6.07, 6.45) is -8.35. The van der Waals surface area contributed by atoms with E-state index < -0.39 is 302 Å². The quantitative estimate of drug-likeness (QED) is 0.0153. The van der Waals surface area contributed by atoms with E-state index in [1.54, 1.807) is 41.5 Å². The van der Waals surface area contributed by atoms with Crippen LogP contribution in [0.15, 0.2) is 0 Å². The highest BCUT2D eigenvalue weighted by Crippen LogP contribution is 2.22. The van der Waals surface area contributed by atoms with Gasteiger partial charge < -0.3 is 155 Å². The number of hydrogen-bond donors (Lipinski definition) is 29. The molecule has 1 saturated heterocycles. The van der Waals surface area contributed by atoms with Gasteiger partial charge in [0.15, 0.2) is 5.96 Å². The molecule has 0 bridgehead atoms. The summed E-state index contributed by atoms with van der Waals surface area (Å²) in [5.74, 6) is -30.9. The Morgan fingerprint density at radius 3 is 1.16 bits per heavy atom. The largest absolute Gasteiger partial charge is 0.481 e. The molecule has 1 fully saturated rings. The van der Waals surface area contributed by atoms with Gasteiger partial charge in [0.1, 0.15) is 90.6 Å². The molecule has 1 aliphatic rings. The highest BCUT2D eigenvalue weighted by atomic mass is 16.4. The van der Waals surface area contributed by atoms with Gasteiger partial charge in [-0.1, -0.05) is 69.2 Å². The summed E-state index contributed by atoms with van der Waals surface area (Å²) in [5.41, 5.74) is 27.3. The molecule has 756 valence electrons. The Kier molecular flexibility index (Phi) is 52.7. The number of guanidine groups is 1. The van der Waals surface area contributed by atoms with E-state index in [4.69, 9.17) is 34.1 Å². The topological polar surface area (TPSA) is 876 Å². The first-order chi connectivity index (χ1) is 62.3. The first-order valence-corrected chi connectivity index (χ1v) is 43.8. The lowest BCUT2D eigenvalue weighted by molar-refractivity contribution is -0.144. The van der Waals surface area contributed by atoms with Crippen LogP contribution in [0, 0.1) is 35.0 Å². The molecule has 0 saturated carbocycles. The Labute approximate surface area is 773 Å². The van der Waals surface area contributed by atoms with Crippen LogP contribution in [0.4, 0.5) is 0 Å². The summed E-state index contributed by atoms with van der Waals surface area (Å²) in [7, 11) is 0. The number of hydrogen-bond acceptors (Lipinski definition) is 28. The van der Waals surface area contributed by atoms with Crippen LogP contribution < -0.4 is 119 Å². The van der Waals surface area contributed by atoms with Crippen LogP contribution >= 0.6 is 0 Å². The van der Waals surface area contributed by atoms with E-state index in [0.29, 0.717) is 12.8 Å². The van der Waals surface area contributed by atoms with Crippen LogP contribution in [-0.4, -0.2) is 319 Å². The molecule has 1 rings (SSSR count). The number of carboxylic acids is 4. The van der Waals surface area contributed by atoms with E-state index in [1.807, 2.05) is 0 Å². The molecule has 0 radical (unpaired) electrons. The molecule has 1 heterocycles. The number of nitrogens with one attached hydrogen (secondary N) is 18. The summed E-state index contributed by atoms with van der Waals surface area (Å²) in [4.78, 5) is 309. The van der Waals surface area contributed by atoms with Gasteiger partial charge in [0.05, 0.1) is 57.0 Å². The fraction of sp³-hybridized carbons (Fsp3) is 0.704. The molecule has 0 unspecified atom stereocenters. The molecule has 0 aromatic rings. The molecule has 19 amide bonds. The minimum Gasteiger partial charge on any atom is -0.481 e. The van der Waals surface area contributed by atoms with Crippen molar-refractivity contribution in [2.24, 2.45) is 58.3 Å². The molecule has 53 nitrogen and oxygen atoms in total. The second kappa shape index (κ2) is 59.4. The zero-order valence-electron chi connectivity index (χ0n) is 77.5. The molecule has 34 N–H and O–H groups in total. The van der Waals surface area contributed by atoms with Gasteiger partial charge in [-0.25, -0.2) is 4.79 Å². The highest BCUT2D eigenvalue weighted by molar-refractivity contribution is 6.03. The van der Waals surface area contributed by atoms with Crippen molar-refractivity contribution in [3.8, 4) is 0 Å². The van der Waals surface area contributed by atoms with E-state index in [-0.39, 0.29) is 102 Å². The van der Waals surface area contributed by atoms with Crippen molar-refractivity contribution in [3.63, 3.8) is 0 Å². The number of likely N-dealkylation sites (tertiary alicyclic amines) is 1. The zero-order chi connectivity index (χ0) is 103. The van der Waals surface area contributed by atoms with E-state index in [9.17, 15) is 141 Å². The number of nitrogens with two attached hydrogens (primary N) is 5. The Hall–Kier alpha value is -13.1. The average Bonchev–Trinajstić information content (AvgIpc) is 1.72. The Bertz CT molecular complexity index is 4130. The van der Waals surface area contributed by atoms with Gasteiger partial charge in [0.25, 0.3) is 0 Å². The predicted octanol–water partition coefficient (Wildman–Crippen LogP) is -10.4. The Morgan fingerprint density at radius 1 is 0.373 bits per heavy atom. The number of carboxylic acid groups (broad SMARTS) is 4. The fourth-order valence-electron chi connectivity index (χ4n) is 13.4. The van der Waals surface area contributed by atoms with Crippen LogP contribution in [0.2, 0.25) is 0 Å². The predicted molar refractivity (Wildman–Crippen MR) is 472 cm³/mol. The zero-order valence-corrected chi connectivity index (χ0v) is 77.5. The minimum atomic E-state index is -2.22. The highest BCUT2D eigenvalue weighted by Gasteiger charge is 2.43. The smallest absolute Gasteiger partial charge is 0.326 e. The van der Waals surface area contributed by atoms with Crippen molar-refractivity contribution in [2.45, 2.75) is 302 Å². The number of rotatable bonds is 63. The van der Waals surface area contributed by atoms with Crippen LogP contribution in [0.3, 0.4) is 0 Å². The van der Waals surface area contributed by atoms with Crippen molar-refractivity contribution in [1.29, 1.82) is 5.41 Å². The molecular formula is C81H138N24O29. The van der Waals surface area contributed by atoms with Gasteiger partial charge in [-0.3, -0.25) is 111 Å². The summed E-state index contributed by atoms with van der Waals surface area (Å²) in [5, 5.41) is 108. The molecule has 0 spiro atoms. The first-order valence-electron chi connectivity index (χ1n) is 43.8. The number of carbonyl (C=O) groups is 23. The number of carbonyl (C=O) groups excluding carboxylic acids is 19. The Morgan fingerprint density at radius 2 is 0.731 bits per heavy atom. The van der Waals surface area contributed by atoms with E-state index in [0.717, 1.165) is 18.7 Å². The molecule has 134 heavy (non-hydrogen) atoms. The summed E-state index contributed by atoms with van der Waals surface area (Å²) >= 11 is 0. The van der Waals surface area contributed by atoms with Gasteiger partial charge in [-0.15, -0.1) is 0 Å². The third-order valence-corrected chi connectivity index (χ3v) is 20.4. The molecule has 53 heteroatoms. The number of amides is 19. The van der Waals surface area contributed by atoms with E-state index >= 15 is 0 Å². The lowest BCUT2D eigenvalue weighted by atomic mass is 9.99. The maximum absolute atomic E-state index is 14.7. The molecule has 0 aromatic heterocycles. The monoisotopic (exact) mass is 1910 g/mol. The molecular weight excluding hydrogens is 1770 g/mol. The van der Waals surface area contributed by atoms with Crippen molar-refractivity contribution in [3.05, 3.63) is 0 Å². The van der Waals surface area contributed by atoms with Crippen molar-refractivity contribution >= 4 is 142 Å². The maximum Gasteiger partial charge on any atom is 0.326 e. The number of aliphatic hydroxyl groups is 2. The Balaban J connectivity index is 3.49. The van der Waals surface area contributed by atoms with Crippen molar-refractivity contribution in [1.82, 2.24) is 95.3 Å². The van der Waals surface area contributed by atoms with Gasteiger partial charge in [-0.2, -0.15) is 0 Å². The molecule has 1 aliphatic heterocycles. The number of nitrogens with zero attached hydrogens (tertiary/aromatic N) is 1. The number of unbranched alkanes of at least 4 members (excludes halogenated alkanes) is 1. The SMILES string of the molecule is CC(C)C[C@H](NC(=O)CNC(=O)[C@@H]1CCCN1C(=O)[C@H](CCCNC(=N)N)NC(=O)[C@H](CC(=O)O)NC(=O)[C@@H](NC(=O)[C@H](CC(N)=O)NC(=O)[C@@H](NC(=O)[C@H](CC(=O)O)NC(=O)CNC(=O)[C@@H](NC(=O)[C@@H](NC(=O)[C@H](C)NC(=O)[C@@H](N)CCC(N)=O)[C@@H](C)O)C(C)C)C(C)C)[C@@H](C)O)C(=O)N[C@@H](CC(C)C)C(=O)N[C@@H](CC(=O)O)C(=O)N[C@@H](CC(C)C)C(=O)N[C@@H](CCCCN)C(=O)O. The molecule has 0 aromatic carbocycles. The summed E-state index contributed by atoms with van der Waals surface area (Å²) in [6.45, 7) is 17.1. The summed E-state index contributed by atoms with van der Waals surface area (Å²) in [6, 6.07) is -26.9. The van der Waals surface area contributed by atoms with Crippen LogP contribution in [0.25, 0.3) is 0 Å². The standard InChI is InChI=1S/C81H138N24O29/c1-35(2)26-46(67(120)96-48(28-37(5)6)69(122)98-51(31-59(114)115)71(124)97-47(27-36(3)4)68(121)95-45(80(133)134)18-14-15-23-82)92-56(110)33-89-74(127)53-20-17-25-105(53)79(132)44(19-16-24-88-81(86)87)94-70(123)52(32-60(116)117)100-77(130)63(41(12)106)104-72(125)49(29-55(85)109)99-76(129)62(39(9)10)101-73(126)50(30-58(112)113)93-57(111)34-90-75(128)61(38(7)8)102-78(131)64(42(13)107)103-65(118)40(11)91-66(119)43(83)21-22-54(84)108/h35-53,61-64,106-107H,14-34,82-83H2,1-13H3,(H2,84,108)(H2,85,109)(H,89,127)(H,90,128)(H,91,119)(H,92,110)(H,93,111)(H,94,123)(H,95,121)(H,96,120)(H,97,124)(H,98,122)(H,99,129)(H,100,130)(H,101,126)(H,102,131)(H,103,118)(H,104,125)(H,112,113)(H,114,115)(H,116,117)(H,133,134)(H4,86,87,88)/t40-,41+,42+,43-,44-,45-,46-,47-,48-,49-,50-,51-,52-,53-,61-,62-,63-,64-/m0/s1. The second-order valence-corrected chi connectivity index (χ2v) is 34.5. The number of primary amides is 2. The van der Waals surface area contributed by atoms with Gasteiger partial charge in [0.2, 0.25) is 112 Å².